The zero-order valence-corrected chi connectivity index (χ0v) is 11.9. The first-order valence-electron chi connectivity index (χ1n) is 5.89. The van der Waals surface area contributed by atoms with E-state index in [1.165, 1.54) is 6.20 Å². The number of hydrogen-bond acceptors (Lipinski definition) is 4. The maximum Gasteiger partial charge on any atom is 0.406 e. The first-order valence-corrected chi connectivity index (χ1v) is 6.80. The fourth-order valence-electron chi connectivity index (χ4n) is 2.16. The minimum atomic E-state index is -0.511. The van der Waals surface area contributed by atoms with Gasteiger partial charge in [0, 0.05) is 10.2 Å². The van der Waals surface area contributed by atoms with Crippen molar-refractivity contribution in [2.75, 3.05) is 0 Å². The van der Waals surface area contributed by atoms with Crippen LogP contribution in [0.1, 0.15) is 26.7 Å². The smallest absolute Gasteiger partial charge is 0.406 e. The van der Waals surface area contributed by atoms with Gasteiger partial charge in [-0.2, -0.15) is 0 Å². The van der Waals surface area contributed by atoms with Crippen molar-refractivity contribution in [2.24, 2.45) is 5.41 Å². The van der Waals surface area contributed by atoms with Crippen LogP contribution < -0.4 is 4.74 Å². The van der Waals surface area contributed by atoms with Gasteiger partial charge in [0.05, 0.1) is 0 Å². The molecule has 0 spiro atoms. The second-order valence-electron chi connectivity index (χ2n) is 4.75. The quantitative estimate of drug-likeness (QED) is 0.486. The van der Waals surface area contributed by atoms with Gasteiger partial charge in [-0.3, -0.25) is 0 Å². The van der Waals surface area contributed by atoms with Crippen molar-refractivity contribution >= 4 is 21.7 Å². The lowest BCUT2D eigenvalue weighted by Gasteiger charge is -2.50. The molecule has 1 aromatic heterocycles. The minimum absolute atomic E-state index is 0.00484. The van der Waals surface area contributed by atoms with Crippen LogP contribution in [0.4, 0.5) is 5.82 Å². The van der Waals surface area contributed by atoms with Crippen LogP contribution in [-0.4, -0.2) is 20.8 Å². The lowest BCUT2D eigenvalue weighted by atomic mass is 9.65. The van der Waals surface area contributed by atoms with Gasteiger partial charge in [0.1, 0.15) is 12.3 Å². The summed E-state index contributed by atoms with van der Waals surface area (Å²) in [5, 5.41) is 10.9. The molecule has 18 heavy (non-hydrogen) atoms. The Morgan fingerprint density at radius 2 is 2.44 bits per heavy atom. The monoisotopic (exact) mass is 314 g/mol. The molecule has 2 rings (SSSR count). The zero-order chi connectivity index (χ0) is 13.3. The summed E-state index contributed by atoms with van der Waals surface area (Å²) >= 11 is 3.61. The highest BCUT2D eigenvalue weighted by Gasteiger charge is 2.51. The summed E-state index contributed by atoms with van der Waals surface area (Å²) in [6, 6.07) is 3.25. The summed E-state index contributed by atoms with van der Waals surface area (Å²) in [5.74, 6) is 0.0422. The van der Waals surface area contributed by atoms with E-state index in [0.29, 0.717) is 4.83 Å². The van der Waals surface area contributed by atoms with Gasteiger partial charge >= 0.3 is 5.82 Å². The molecule has 1 aliphatic rings. The molecule has 1 heterocycles. The van der Waals surface area contributed by atoms with Crippen molar-refractivity contribution < 1.29 is 9.66 Å². The minimum Gasteiger partial charge on any atom is -0.482 e. The van der Waals surface area contributed by atoms with Gasteiger partial charge in [0.25, 0.3) is 0 Å². The summed E-state index contributed by atoms with van der Waals surface area (Å²) in [5.41, 5.74) is 0.0176. The lowest BCUT2D eigenvalue weighted by molar-refractivity contribution is -0.391. The molecule has 0 amide bonds. The highest BCUT2D eigenvalue weighted by Crippen LogP contribution is 2.50. The first-order chi connectivity index (χ1) is 8.49. The van der Waals surface area contributed by atoms with Crippen LogP contribution in [0.5, 0.6) is 5.75 Å². The largest absolute Gasteiger partial charge is 0.482 e. The van der Waals surface area contributed by atoms with E-state index >= 15 is 0 Å². The molecule has 0 saturated heterocycles. The molecule has 1 aliphatic carbocycles. The van der Waals surface area contributed by atoms with E-state index < -0.39 is 4.92 Å². The molecule has 0 radical (unpaired) electrons. The van der Waals surface area contributed by atoms with E-state index in [2.05, 4.69) is 34.8 Å². The standard InChI is InChI=1S/C12H15BrN2O3/c1-3-12(2)9(13)7-10(12)18-8-5-4-6-14-11(8)15(16)17/h4-6,9-10H,3,7H2,1-2H3. The molecule has 3 atom stereocenters. The van der Waals surface area contributed by atoms with E-state index in [1.807, 2.05) is 0 Å². The zero-order valence-electron chi connectivity index (χ0n) is 10.3. The van der Waals surface area contributed by atoms with Crippen LogP contribution in [0.2, 0.25) is 0 Å². The third-order valence-electron chi connectivity index (χ3n) is 3.83. The van der Waals surface area contributed by atoms with Crippen LogP contribution in [0.15, 0.2) is 18.3 Å². The second-order valence-corrected chi connectivity index (χ2v) is 5.86. The maximum absolute atomic E-state index is 10.9. The molecule has 98 valence electrons. The highest BCUT2D eigenvalue weighted by molar-refractivity contribution is 9.09. The van der Waals surface area contributed by atoms with E-state index in [0.717, 1.165) is 12.8 Å². The number of nitrogens with zero attached hydrogens (tertiary/aromatic N) is 2. The molecular formula is C12H15BrN2O3. The number of alkyl halides is 1. The van der Waals surface area contributed by atoms with E-state index in [1.54, 1.807) is 12.1 Å². The molecule has 0 N–H and O–H groups in total. The van der Waals surface area contributed by atoms with Gasteiger partial charge in [0.15, 0.2) is 0 Å². The number of rotatable bonds is 4. The summed E-state index contributed by atoms with van der Waals surface area (Å²) in [6.07, 6.45) is 3.21. The van der Waals surface area contributed by atoms with E-state index in [-0.39, 0.29) is 23.1 Å². The number of pyridine rings is 1. The third-order valence-corrected chi connectivity index (χ3v) is 5.25. The second kappa shape index (κ2) is 4.84. The number of ether oxygens (including phenoxy) is 1. The van der Waals surface area contributed by atoms with Crippen LogP contribution >= 0.6 is 15.9 Å². The van der Waals surface area contributed by atoms with Crippen LogP contribution in [-0.2, 0) is 0 Å². The molecular weight excluding hydrogens is 300 g/mol. The van der Waals surface area contributed by atoms with Crippen molar-refractivity contribution in [3.8, 4) is 5.75 Å². The average Bonchev–Trinajstić information content (AvgIpc) is 2.37. The Labute approximate surface area is 114 Å². The van der Waals surface area contributed by atoms with Gasteiger partial charge in [-0.05, 0) is 34.9 Å². The summed E-state index contributed by atoms with van der Waals surface area (Å²) in [7, 11) is 0. The maximum atomic E-state index is 10.9. The Kier molecular flexibility index (Phi) is 3.56. The molecule has 1 aromatic rings. The SMILES string of the molecule is CCC1(C)C(Br)CC1Oc1cccnc1[N+](=O)[O-]. The Morgan fingerprint density at radius 1 is 1.72 bits per heavy atom. The molecule has 6 heteroatoms. The predicted octanol–water partition coefficient (Wildman–Crippen LogP) is 3.32. The van der Waals surface area contributed by atoms with Crippen molar-refractivity contribution in [1.29, 1.82) is 0 Å². The Bertz CT molecular complexity index is 468. The highest BCUT2D eigenvalue weighted by atomic mass is 79.9. The Hall–Kier alpha value is -1.17. The number of nitro groups is 1. The van der Waals surface area contributed by atoms with Crippen molar-refractivity contribution in [3.05, 3.63) is 28.4 Å². The number of halogens is 1. The van der Waals surface area contributed by atoms with Crippen molar-refractivity contribution in [2.45, 2.75) is 37.6 Å². The molecule has 5 nitrogen and oxygen atoms in total. The molecule has 3 unspecified atom stereocenters. The van der Waals surface area contributed by atoms with Gasteiger partial charge in [0.2, 0.25) is 5.75 Å². The van der Waals surface area contributed by atoms with Crippen LogP contribution in [0.3, 0.4) is 0 Å². The molecule has 0 bridgehead atoms. The number of aromatic nitrogens is 1. The van der Waals surface area contributed by atoms with E-state index in [4.69, 9.17) is 4.74 Å². The average molecular weight is 315 g/mol. The molecule has 1 saturated carbocycles. The van der Waals surface area contributed by atoms with Gasteiger partial charge < -0.3 is 14.9 Å². The van der Waals surface area contributed by atoms with Gasteiger partial charge in [-0.15, -0.1) is 0 Å². The normalized spacial score (nSPS) is 30.6. The number of hydrogen-bond donors (Lipinski definition) is 0. The Balaban J connectivity index is 2.18. The first kappa shape index (κ1) is 13.3. The van der Waals surface area contributed by atoms with Crippen LogP contribution in [0, 0.1) is 15.5 Å². The Morgan fingerprint density at radius 3 is 3.00 bits per heavy atom. The topological polar surface area (TPSA) is 65.3 Å². The van der Waals surface area contributed by atoms with Crippen molar-refractivity contribution in [1.82, 2.24) is 4.98 Å². The molecule has 0 aliphatic heterocycles. The summed E-state index contributed by atoms with van der Waals surface area (Å²) in [4.78, 5) is 14.5. The summed E-state index contributed by atoms with van der Waals surface area (Å²) in [6.45, 7) is 4.23. The predicted molar refractivity (Wildman–Crippen MR) is 71.0 cm³/mol. The fraction of sp³-hybridized carbons (Fsp3) is 0.583. The van der Waals surface area contributed by atoms with Gasteiger partial charge in [-0.1, -0.05) is 29.8 Å². The molecule has 1 fully saturated rings. The third kappa shape index (κ3) is 2.09. The van der Waals surface area contributed by atoms with E-state index in [9.17, 15) is 10.1 Å². The van der Waals surface area contributed by atoms with Gasteiger partial charge in [-0.25, -0.2) is 0 Å². The van der Waals surface area contributed by atoms with Crippen molar-refractivity contribution in [3.63, 3.8) is 0 Å². The molecule has 0 aromatic carbocycles. The lowest BCUT2D eigenvalue weighted by Crippen LogP contribution is -2.54. The van der Waals surface area contributed by atoms with Crippen LogP contribution in [0.25, 0.3) is 0 Å². The summed E-state index contributed by atoms with van der Waals surface area (Å²) < 4.78 is 5.79. The fourth-order valence-corrected chi connectivity index (χ4v) is 3.12.